The Morgan fingerprint density at radius 3 is 2.72 bits per heavy atom. The largest absolute Gasteiger partial charge is 0.356 e. The van der Waals surface area contributed by atoms with Crippen LogP contribution in [0.4, 0.5) is 14.7 Å². The summed E-state index contributed by atoms with van der Waals surface area (Å²) in [6, 6.07) is 2.25. The van der Waals surface area contributed by atoms with Gasteiger partial charge >= 0.3 is 0 Å². The summed E-state index contributed by atoms with van der Waals surface area (Å²) < 4.78 is 28.8. The Labute approximate surface area is 112 Å². The molecule has 0 fully saturated rings. The van der Waals surface area contributed by atoms with E-state index in [0.29, 0.717) is 12.5 Å². The Kier molecular flexibility index (Phi) is 3.65. The predicted molar refractivity (Wildman–Crippen MR) is 70.1 cm³/mol. The van der Waals surface area contributed by atoms with E-state index in [4.69, 9.17) is 0 Å². The second-order valence-corrected chi connectivity index (χ2v) is 4.68. The number of anilines is 1. The highest BCUT2D eigenvalue weighted by molar-refractivity contribution is 9.10. The van der Waals surface area contributed by atoms with Gasteiger partial charge in [0.2, 0.25) is 5.95 Å². The molecule has 2 rings (SSSR count). The first kappa shape index (κ1) is 13.0. The van der Waals surface area contributed by atoms with Crippen LogP contribution in [0, 0.1) is 18.6 Å². The molecule has 0 atom stereocenters. The molecule has 0 aliphatic heterocycles. The van der Waals surface area contributed by atoms with Gasteiger partial charge in [-0.05, 0) is 35.8 Å². The van der Waals surface area contributed by atoms with Crippen LogP contribution in [0.2, 0.25) is 0 Å². The number of rotatable bonds is 3. The van der Waals surface area contributed by atoms with Gasteiger partial charge in [-0.2, -0.15) is 0 Å². The van der Waals surface area contributed by atoms with Gasteiger partial charge in [0.05, 0.1) is 15.9 Å². The van der Waals surface area contributed by atoms with E-state index in [1.165, 1.54) is 6.07 Å². The van der Waals surface area contributed by atoms with E-state index in [1.54, 1.807) is 10.8 Å². The SMILES string of the molecule is CCNc1nc(C)cn1-c1cc(Br)c(F)cc1F. The van der Waals surface area contributed by atoms with Gasteiger partial charge in [0.1, 0.15) is 11.6 Å². The van der Waals surface area contributed by atoms with Crippen molar-refractivity contribution >= 4 is 21.9 Å². The van der Waals surface area contributed by atoms with Crippen molar-refractivity contribution < 1.29 is 8.78 Å². The summed E-state index contributed by atoms with van der Waals surface area (Å²) in [6.07, 6.45) is 1.70. The average molecular weight is 316 g/mol. The maximum absolute atomic E-state index is 13.8. The van der Waals surface area contributed by atoms with Crippen LogP contribution in [0.1, 0.15) is 12.6 Å². The molecule has 18 heavy (non-hydrogen) atoms. The Balaban J connectivity index is 2.57. The Morgan fingerprint density at radius 1 is 1.33 bits per heavy atom. The van der Waals surface area contributed by atoms with Crippen LogP contribution in [0.15, 0.2) is 22.8 Å². The lowest BCUT2D eigenvalue weighted by Gasteiger charge is -2.10. The molecule has 6 heteroatoms. The lowest BCUT2D eigenvalue weighted by Crippen LogP contribution is -2.06. The highest BCUT2D eigenvalue weighted by Gasteiger charge is 2.13. The maximum atomic E-state index is 13.8. The summed E-state index contributed by atoms with van der Waals surface area (Å²) in [6.45, 7) is 4.40. The summed E-state index contributed by atoms with van der Waals surface area (Å²) >= 11 is 3.05. The number of aromatic nitrogens is 2. The van der Waals surface area contributed by atoms with Gasteiger partial charge in [-0.3, -0.25) is 4.57 Å². The Hall–Kier alpha value is -1.43. The summed E-state index contributed by atoms with van der Waals surface area (Å²) in [7, 11) is 0. The number of hydrogen-bond acceptors (Lipinski definition) is 2. The summed E-state index contributed by atoms with van der Waals surface area (Å²) in [5.41, 5.74) is 1.01. The fourth-order valence-corrected chi connectivity index (χ4v) is 1.99. The standard InChI is InChI=1S/C12H12BrF2N3/c1-3-16-12-17-7(2)6-18(12)11-4-8(13)9(14)5-10(11)15/h4-6H,3H2,1-2H3,(H,16,17). The highest BCUT2D eigenvalue weighted by atomic mass is 79.9. The van der Waals surface area contributed by atoms with Crippen LogP contribution in [-0.2, 0) is 0 Å². The summed E-state index contributed by atoms with van der Waals surface area (Å²) in [5.74, 6) is -0.724. The van der Waals surface area contributed by atoms with Crippen LogP contribution in [0.25, 0.3) is 5.69 Å². The maximum Gasteiger partial charge on any atom is 0.207 e. The first-order valence-corrected chi connectivity index (χ1v) is 6.27. The molecule has 1 heterocycles. The molecule has 0 saturated carbocycles. The fraction of sp³-hybridized carbons (Fsp3) is 0.250. The number of hydrogen-bond donors (Lipinski definition) is 1. The Morgan fingerprint density at radius 2 is 2.06 bits per heavy atom. The number of aryl methyl sites for hydroxylation is 1. The molecule has 0 bridgehead atoms. The van der Waals surface area contributed by atoms with E-state index in [1.807, 2.05) is 13.8 Å². The van der Waals surface area contributed by atoms with Gasteiger partial charge < -0.3 is 5.32 Å². The van der Waals surface area contributed by atoms with Crippen molar-refractivity contribution in [3.63, 3.8) is 0 Å². The molecule has 0 radical (unpaired) electrons. The van der Waals surface area contributed by atoms with Crippen LogP contribution >= 0.6 is 15.9 Å². The zero-order valence-corrected chi connectivity index (χ0v) is 11.6. The number of halogens is 3. The molecule has 1 aromatic carbocycles. The van der Waals surface area contributed by atoms with E-state index < -0.39 is 11.6 Å². The molecule has 0 amide bonds. The minimum atomic E-state index is -0.632. The van der Waals surface area contributed by atoms with E-state index in [2.05, 4.69) is 26.2 Å². The lowest BCUT2D eigenvalue weighted by molar-refractivity contribution is 0.574. The molecule has 96 valence electrons. The van der Waals surface area contributed by atoms with E-state index in [9.17, 15) is 8.78 Å². The molecule has 0 unspecified atom stereocenters. The molecule has 2 aromatic rings. The van der Waals surface area contributed by atoms with E-state index >= 15 is 0 Å². The Bertz CT molecular complexity index is 581. The molecule has 1 aromatic heterocycles. The molecule has 1 N–H and O–H groups in total. The van der Waals surface area contributed by atoms with Gasteiger partial charge in [-0.15, -0.1) is 0 Å². The summed E-state index contributed by atoms with van der Waals surface area (Å²) in [4.78, 5) is 4.25. The topological polar surface area (TPSA) is 29.9 Å². The zero-order valence-electron chi connectivity index (χ0n) is 9.97. The van der Waals surface area contributed by atoms with Crippen LogP contribution in [0.5, 0.6) is 0 Å². The number of nitrogens with one attached hydrogen (secondary N) is 1. The molecular formula is C12H12BrF2N3. The minimum absolute atomic E-state index is 0.215. The normalized spacial score (nSPS) is 10.7. The zero-order chi connectivity index (χ0) is 13.3. The van der Waals surface area contributed by atoms with Crippen LogP contribution in [-0.4, -0.2) is 16.1 Å². The van der Waals surface area contributed by atoms with Gasteiger partial charge in [-0.25, -0.2) is 13.8 Å². The van der Waals surface area contributed by atoms with Crippen molar-refractivity contribution in [3.05, 3.63) is 40.1 Å². The first-order valence-electron chi connectivity index (χ1n) is 5.47. The van der Waals surface area contributed by atoms with E-state index in [0.717, 1.165) is 11.8 Å². The second kappa shape index (κ2) is 5.06. The van der Waals surface area contributed by atoms with Crippen molar-refractivity contribution in [1.29, 1.82) is 0 Å². The quantitative estimate of drug-likeness (QED) is 0.876. The lowest BCUT2D eigenvalue weighted by atomic mass is 10.3. The molecule has 3 nitrogen and oxygen atoms in total. The molecule has 0 saturated heterocycles. The molecule has 0 aliphatic carbocycles. The van der Waals surface area contributed by atoms with Crippen molar-refractivity contribution in [2.45, 2.75) is 13.8 Å². The number of nitrogens with zero attached hydrogens (tertiary/aromatic N) is 2. The first-order chi connectivity index (χ1) is 8.52. The van der Waals surface area contributed by atoms with Gasteiger partial charge in [0, 0.05) is 18.8 Å². The van der Waals surface area contributed by atoms with Crippen molar-refractivity contribution in [2.24, 2.45) is 0 Å². The summed E-state index contributed by atoms with van der Waals surface area (Å²) in [5, 5.41) is 3.03. The van der Waals surface area contributed by atoms with E-state index in [-0.39, 0.29) is 10.2 Å². The fourth-order valence-electron chi connectivity index (χ4n) is 1.66. The predicted octanol–water partition coefficient (Wildman–Crippen LogP) is 3.65. The van der Waals surface area contributed by atoms with Crippen LogP contribution in [0.3, 0.4) is 0 Å². The number of imidazole rings is 1. The van der Waals surface area contributed by atoms with Gasteiger partial charge in [0.15, 0.2) is 0 Å². The molecular weight excluding hydrogens is 304 g/mol. The van der Waals surface area contributed by atoms with Crippen molar-refractivity contribution in [3.8, 4) is 5.69 Å². The highest BCUT2D eigenvalue weighted by Crippen LogP contribution is 2.25. The van der Waals surface area contributed by atoms with Gasteiger partial charge in [-0.1, -0.05) is 0 Å². The molecule has 0 aliphatic rings. The third-order valence-corrected chi connectivity index (χ3v) is 3.02. The third kappa shape index (κ3) is 2.38. The monoisotopic (exact) mass is 315 g/mol. The third-order valence-electron chi connectivity index (χ3n) is 2.41. The second-order valence-electron chi connectivity index (χ2n) is 3.82. The number of benzene rings is 1. The van der Waals surface area contributed by atoms with Crippen molar-refractivity contribution in [1.82, 2.24) is 9.55 Å². The average Bonchev–Trinajstić information content (AvgIpc) is 2.65. The van der Waals surface area contributed by atoms with Gasteiger partial charge in [0.25, 0.3) is 0 Å². The van der Waals surface area contributed by atoms with Crippen molar-refractivity contribution in [2.75, 3.05) is 11.9 Å². The minimum Gasteiger partial charge on any atom is -0.356 e. The van der Waals surface area contributed by atoms with Crippen LogP contribution < -0.4 is 5.32 Å². The smallest absolute Gasteiger partial charge is 0.207 e. The molecule has 0 spiro atoms.